The van der Waals surface area contributed by atoms with Crippen LogP contribution in [0.25, 0.3) is 100 Å². The van der Waals surface area contributed by atoms with E-state index in [4.69, 9.17) is 15.0 Å². The third-order valence-corrected chi connectivity index (χ3v) is 16.1. The summed E-state index contributed by atoms with van der Waals surface area (Å²) >= 11 is 0. The Kier molecular flexibility index (Phi) is 7.48. The molecule has 70 heavy (non-hydrogen) atoms. The number of fused-ring (bicyclic) bond motifs is 23. The van der Waals surface area contributed by atoms with Crippen LogP contribution in [0.4, 0.5) is 0 Å². The lowest BCUT2D eigenvalue weighted by molar-refractivity contribution is 0.794. The van der Waals surface area contributed by atoms with Crippen molar-refractivity contribution in [2.24, 2.45) is 0 Å². The molecule has 2 heterocycles. The average Bonchev–Trinajstić information content (AvgIpc) is 4.12. The van der Waals surface area contributed by atoms with Crippen LogP contribution in [0.3, 0.4) is 0 Å². The van der Waals surface area contributed by atoms with Crippen molar-refractivity contribution in [1.82, 2.24) is 15.0 Å². The predicted molar refractivity (Wildman–Crippen MR) is 284 cm³/mol. The predicted octanol–water partition coefficient (Wildman–Crippen LogP) is 15.9. The summed E-state index contributed by atoms with van der Waals surface area (Å²) in [5.41, 5.74) is 26.0. The number of rotatable bonds is 3. The van der Waals surface area contributed by atoms with Gasteiger partial charge in [0.15, 0.2) is 5.82 Å². The summed E-state index contributed by atoms with van der Waals surface area (Å²) in [6.45, 7) is 0. The van der Waals surface area contributed by atoms with Gasteiger partial charge in [0.25, 0.3) is 0 Å². The topological polar surface area (TPSA) is 38.7 Å². The zero-order valence-electron chi connectivity index (χ0n) is 37.9. The van der Waals surface area contributed by atoms with Crippen molar-refractivity contribution in [3.63, 3.8) is 0 Å². The fourth-order valence-corrected chi connectivity index (χ4v) is 13.5. The van der Waals surface area contributed by atoms with Gasteiger partial charge in [0.05, 0.1) is 27.7 Å². The Balaban J connectivity index is 1.02. The first-order chi connectivity index (χ1) is 34.7. The largest absolute Gasteiger partial charge is 0.245 e. The van der Waals surface area contributed by atoms with E-state index in [1.807, 2.05) is 0 Å². The monoisotopic (exact) mass is 885 g/mol. The fraction of sp³-hybridized carbons (Fsp3) is 0.0299. The van der Waals surface area contributed by atoms with Crippen LogP contribution in [-0.4, -0.2) is 15.0 Å². The Morgan fingerprint density at radius 3 is 1.19 bits per heavy atom. The number of hydrogen-bond acceptors (Lipinski definition) is 3. The SMILES string of the molecule is c1ccc(-c2ccc3ccc4c(-c5cccc6c5-c5ccccc5C65c6ccccc6-c6ccccc65)nc(-c5cccc6c5-c5ccccc5C65c6ccccc6-c6ccccc65)nc4c3n2)cc1. The van der Waals surface area contributed by atoms with E-state index in [0.29, 0.717) is 5.82 Å². The molecule has 0 bridgehead atoms. The van der Waals surface area contributed by atoms with Crippen molar-refractivity contribution in [1.29, 1.82) is 0 Å². The molecular weight excluding hydrogens is 847 g/mol. The van der Waals surface area contributed by atoms with Gasteiger partial charge in [-0.1, -0.05) is 224 Å². The summed E-state index contributed by atoms with van der Waals surface area (Å²) in [7, 11) is 0. The molecule has 0 radical (unpaired) electrons. The van der Waals surface area contributed by atoms with Gasteiger partial charge in [-0.3, -0.25) is 0 Å². The maximum atomic E-state index is 5.90. The van der Waals surface area contributed by atoms with E-state index in [-0.39, 0.29) is 0 Å². The molecule has 322 valence electrons. The minimum atomic E-state index is -0.500. The molecule has 16 rings (SSSR count). The van der Waals surface area contributed by atoms with Gasteiger partial charge in [0.2, 0.25) is 0 Å². The molecular formula is C67H39N3. The number of nitrogens with zero attached hydrogens (tertiary/aromatic N) is 3. The van der Waals surface area contributed by atoms with Crippen LogP contribution in [0, 0.1) is 0 Å². The Morgan fingerprint density at radius 1 is 0.257 bits per heavy atom. The second-order valence-corrected chi connectivity index (χ2v) is 19.2. The maximum absolute atomic E-state index is 5.90. The van der Waals surface area contributed by atoms with E-state index in [1.165, 1.54) is 89.0 Å². The van der Waals surface area contributed by atoms with Crippen molar-refractivity contribution >= 4 is 21.8 Å². The lowest BCUT2D eigenvalue weighted by Gasteiger charge is -2.30. The lowest BCUT2D eigenvalue weighted by Crippen LogP contribution is -2.25. The lowest BCUT2D eigenvalue weighted by atomic mass is 9.70. The van der Waals surface area contributed by atoms with Gasteiger partial charge in [0.1, 0.15) is 5.52 Å². The highest BCUT2D eigenvalue weighted by molar-refractivity contribution is 6.11. The third-order valence-electron chi connectivity index (χ3n) is 16.1. The Morgan fingerprint density at radius 2 is 0.657 bits per heavy atom. The summed E-state index contributed by atoms with van der Waals surface area (Å²) in [4.78, 5) is 17.1. The van der Waals surface area contributed by atoms with Gasteiger partial charge in [-0.2, -0.15) is 0 Å². The number of pyridine rings is 1. The molecule has 0 amide bonds. The number of aromatic nitrogens is 3. The molecule has 0 saturated carbocycles. The number of benzene rings is 10. The van der Waals surface area contributed by atoms with Crippen LogP contribution >= 0.6 is 0 Å². The average molecular weight is 886 g/mol. The van der Waals surface area contributed by atoms with E-state index in [1.54, 1.807) is 0 Å². The van der Waals surface area contributed by atoms with Crippen LogP contribution in [0.5, 0.6) is 0 Å². The van der Waals surface area contributed by atoms with Crippen LogP contribution in [0.2, 0.25) is 0 Å². The van der Waals surface area contributed by atoms with Crippen LogP contribution in [-0.2, 0) is 10.8 Å². The molecule has 2 spiro atoms. The number of hydrogen-bond donors (Lipinski definition) is 0. The smallest absolute Gasteiger partial charge is 0.161 e. The first-order valence-electron chi connectivity index (χ1n) is 24.3. The van der Waals surface area contributed by atoms with Crippen molar-refractivity contribution in [3.8, 4) is 78.4 Å². The Labute approximate surface area is 405 Å². The second kappa shape index (κ2) is 13.8. The van der Waals surface area contributed by atoms with Gasteiger partial charge < -0.3 is 0 Å². The van der Waals surface area contributed by atoms with Crippen LogP contribution in [0.15, 0.2) is 237 Å². The zero-order valence-corrected chi connectivity index (χ0v) is 37.9. The van der Waals surface area contributed by atoms with E-state index in [2.05, 4.69) is 237 Å². The van der Waals surface area contributed by atoms with Crippen molar-refractivity contribution in [3.05, 3.63) is 281 Å². The third kappa shape index (κ3) is 4.62. The first-order valence-corrected chi connectivity index (χ1v) is 24.3. The molecule has 0 N–H and O–H groups in total. The van der Waals surface area contributed by atoms with Crippen LogP contribution in [0.1, 0.15) is 44.5 Å². The summed E-state index contributed by atoms with van der Waals surface area (Å²) in [5.74, 6) is 0.681. The maximum Gasteiger partial charge on any atom is 0.161 e. The molecule has 0 unspecified atom stereocenters. The molecule has 0 atom stereocenters. The summed E-state index contributed by atoms with van der Waals surface area (Å²) < 4.78 is 0. The molecule has 2 aromatic heterocycles. The molecule has 12 aromatic rings. The van der Waals surface area contributed by atoms with Gasteiger partial charge in [-0.15, -0.1) is 0 Å². The Bertz CT molecular complexity index is 4170. The molecule has 0 fully saturated rings. The second-order valence-electron chi connectivity index (χ2n) is 19.2. The normalized spacial score (nSPS) is 14.2. The quantitative estimate of drug-likeness (QED) is 0.166. The summed E-state index contributed by atoms with van der Waals surface area (Å²) in [5, 5.41) is 2.00. The van der Waals surface area contributed by atoms with Gasteiger partial charge in [-0.25, -0.2) is 15.0 Å². The van der Waals surface area contributed by atoms with E-state index < -0.39 is 10.8 Å². The molecule has 0 saturated heterocycles. The van der Waals surface area contributed by atoms with E-state index >= 15 is 0 Å². The van der Waals surface area contributed by atoms with Gasteiger partial charge in [0, 0.05) is 27.5 Å². The first kappa shape index (κ1) is 38.0. The molecule has 4 aliphatic carbocycles. The van der Waals surface area contributed by atoms with Crippen molar-refractivity contribution in [2.75, 3.05) is 0 Å². The van der Waals surface area contributed by atoms with Gasteiger partial charge >= 0.3 is 0 Å². The minimum Gasteiger partial charge on any atom is -0.245 e. The fourth-order valence-electron chi connectivity index (χ4n) is 13.5. The molecule has 3 nitrogen and oxygen atoms in total. The molecule has 10 aromatic carbocycles. The molecule has 3 heteroatoms. The summed E-state index contributed by atoms with van der Waals surface area (Å²) in [6.07, 6.45) is 0. The highest BCUT2D eigenvalue weighted by Crippen LogP contribution is 2.66. The molecule has 4 aliphatic rings. The summed E-state index contributed by atoms with van der Waals surface area (Å²) in [6, 6.07) is 87.0. The minimum absolute atomic E-state index is 0.494. The van der Waals surface area contributed by atoms with Gasteiger partial charge in [-0.05, 0) is 101 Å². The highest BCUT2D eigenvalue weighted by Gasteiger charge is 2.54. The standard InChI is InChI=1S/C67H39N3/c1-2-18-40(19-3-1)59-39-37-41-36-38-50-63(48-26-16-34-57-60(48)46-24-8-14-32-55(46)66(57)51-28-10-4-20-42(51)43-21-5-11-29-52(43)66)69-65(70-64(50)62(41)68-59)49-27-17-35-58-61(49)47-25-9-15-33-56(47)67(58)53-30-12-6-22-44(53)45-23-7-13-31-54(45)67/h1-39H. The van der Waals surface area contributed by atoms with Crippen molar-refractivity contribution in [2.45, 2.75) is 10.8 Å². The Hall–Kier alpha value is -9.05. The van der Waals surface area contributed by atoms with Crippen molar-refractivity contribution < 1.29 is 0 Å². The van der Waals surface area contributed by atoms with E-state index in [9.17, 15) is 0 Å². The molecule has 0 aliphatic heterocycles. The van der Waals surface area contributed by atoms with E-state index in [0.717, 1.165) is 49.9 Å². The van der Waals surface area contributed by atoms with Crippen LogP contribution < -0.4 is 0 Å². The zero-order chi connectivity index (χ0) is 45.7. The highest BCUT2D eigenvalue weighted by atomic mass is 14.9.